The third-order valence-electron chi connectivity index (χ3n) is 5.14. The van der Waals surface area contributed by atoms with Crippen LogP contribution in [-0.4, -0.2) is 23.4 Å². The van der Waals surface area contributed by atoms with Gasteiger partial charge in [-0.25, -0.2) is 18.4 Å². The zero-order valence-corrected chi connectivity index (χ0v) is 20.2. The number of benzene rings is 3. The number of hydrogen-bond acceptors (Lipinski definition) is 5. The summed E-state index contributed by atoms with van der Waals surface area (Å²) in [6, 6.07) is 23.6. The normalized spacial score (nSPS) is 11.4. The molecule has 0 bridgehead atoms. The molecule has 0 unspecified atom stereocenters. The quantitative estimate of drug-likeness (QED) is 0.275. The number of hydrogen-bond donors (Lipinski definition) is 1. The molecule has 0 saturated heterocycles. The summed E-state index contributed by atoms with van der Waals surface area (Å²) in [7, 11) is -3.78. The molecule has 33 heavy (non-hydrogen) atoms. The summed E-state index contributed by atoms with van der Waals surface area (Å²) in [5.41, 5.74) is 2.89. The van der Waals surface area contributed by atoms with Gasteiger partial charge in [-0.1, -0.05) is 24.3 Å². The van der Waals surface area contributed by atoms with E-state index < -0.39 is 10.0 Å². The predicted octanol–water partition coefficient (Wildman–Crippen LogP) is 5.76. The van der Waals surface area contributed by atoms with Crippen LogP contribution in [0.15, 0.2) is 102 Å². The molecule has 162 valence electrons. The highest BCUT2D eigenvalue weighted by molar-refractivity contribution is 14.1. The molecule has 0 radical (unpaired) electrons. The largest absolute Gasteiger partial charge is 0.280 e. The Morgan fingerprint density at radius 1 is 0.758 bits per heavy atom. The number of pyridine rings is 1. The van der Waals surface area contributed by atoms with Gasteiger partial charge in [-0.2, -0.15) is 0 Å². The number of nitrogens with one attached hydrogen (secondary N) is 1. The Balaban J connectivity index is 1.47. The third-order valence-corrected chi connectivity index (χ3v) is 7.47. The van der Waals surface area contributed by atoms with Gasteiger partial charge < -0.3 is 0 Å². The molecule has 0 atom stereocenters. The smallest absolute Gasteiger partial charge is 0.261 e. The molecule has 1 N–H and O–H groups in total. The third kappa shape index (κ3) is 4.44. The zero-order valence-electron chi connectivity index (χ0n) is 17.2. The lowest BCUT2D eigenvalue weighted by Gasteiger charge is -2.12. The van der Waals surface area contributed by atoms with Crippen molar-refractivity contribution in [1.82, 2.24) is 15.0 Å². The maximum Gasteiger partial charge on any atom is 0.261 e. The van der Waals surface area contributed by atoms with Gasteiger partial charge in [0.05, 0.1) is 10.6 Å². The first kappa shape index (κ1) is 21.5. The van der Waals surface area contributed by atoms with E-state index in [-0.39, 0.29) is 4.90 Å². The number of halogens is 1. The Morgan fingerprint density at radius 3 is 2.30 bits per heavy atom. The average Bonchev–Trinajstić information content (AvgIpc) is 2.85. The van der Waals surface area contributed by atoms with Crippen molar-refractivity contribution in [3.63, 3.8) is 0 Å². The summed E-state index contributed by atoms with van der Waals surface area (Å²) in [5, 5.41) is 2.09. The van der Waals surface area contributed by atoms with Gasteiger partial charge in [0, 0.05) is 44.4 Å². The van der Waals surface area contributed by atoms with Crippen LogP contribution >= 0.6 is 22.6 Å². The fourth-order valence-electron chi connectivity index (χ4n) is 3.55. The Morgan fingerprint density at radius 2 is 1.52 bits per heavy atom. The Kier molecular flexibility index (Phi) is 5.77. The molecular formula is C25H17IN4O2S. The minimum Gasteiger partial charge on any atom is -0.280 e. The zero-order chi connectivity index (χ0) is 22.8. The van der Waals surface area contributed by atoms with Crippen LogP contribution in [0.4, 0.5) is 5.69 Å². The van der Waals surface area contributed by atoms with E-state index in [1.807, 2.05) is 42.5 Å². The van der Waals surface area contributed by atoms with Crippen LogP contribution in [0.1, 0.15) is 0 Å². The van der Waals surface area contributed by atoms with Gasteiger partial charge in [0.25, 0.3) is 10.0 Å². The van der Waals surface area contributed by atoms with Gasteiger partial charge in [-0.05, 0) is 82.6 Å². The van der Waals surface area contributed by atoms with E-state index in [9.17, 15) is 8.42 Å². The summed E-state index contributed by atoms with van der Waals surface area (Å²) < 4.78 is 29.7. The van der Waals surface area contributed by atoms with Gasteiger partial charge >= 0.3 is 0 Å². The maximum absolute atomic E-state index is 13.0. The summed E-state index contributed by atoms with van der Waals surface area (Å²) >= 11 is 2.24. The second-order valence-corrected chi connectivity index (χ2v) is 10.1. The van der Waals surface area contributed by atoms with Crippen molar-refractivity contribution in [3.8, 4) is 22.6 Å². The standard InChI is InChI=1S/C25H17IN4O2S/c26-23-11-8-19(16-22(23)24-21-5-2-1-4-17(21)12-15-27-24)30-33(31,32)20-9-6-18(7-10-20)25-28-13-3-14-29-25/h1-16,30H. The van der Waals surface area contributed by atoms with Crippen molar-refractivity contribution in [3.05, 3.63) is 101 Å². The van der Waals surface area contributed by atoms with Crippen molar-refractivity contribution in [2.75, 3.05) is 4.72 Å². The molecule has 3 aromatic carbocycles. The summed E-state index contributed by atoms with van der Waals surface area (Å²) in [5.74, 6) is 0.541. The highest BCUT2D eigenvalue weighted by Gasteiger charge is 2.17. The average molecular weight is 564 g/mol. The summed E-state index contributed by atoms with van der Waals surface area (Å²) in [6.07, 6.45) is 5.06. The van der Waals surface area contributed by atoms with Crippen LogP contribution in [0.25, 0.3) is 33.4 Å². The van der Waals surface area contributed by atoms with Gasteiger partial charge in [-0.15, -0.1) is 0 Å². The van der Waals surface area contributed by atoms with Crippen molar-refractivity contribution in [2.45, 2.75) is 4.90 Å². The molecule has 6 nitrogen and oxygen atoms in total. The first-order chi connectivity index (χ1) is 16.0. The molecule has 0 aliphatic rings. The molecule has 5 aromatic rings. The summed E-state index contributed by atoms with van der Waals surface area (Å²) in [6.45, 7) is 0. The van der Waals surface area contributed by atoms with E-state index in [0.29, 0.717) is 11.5 Å². The number of rotatable bonds is 5. The van der Waals surface area contributed by atoms with Gasteiger partial charge in [-0.3, -0.25) is 9.71 Å². The van der Waals surface area contributed by atoms with Crippen LogP contribution in [-0.2, 0) is 10.0 Å². The molecule has 0 saturated carbocycles. The Hall–Kier alpha value is -3.37. The Labute approximate surface area is 205 Å². The predicted molar refractivity (Wildman–Crippen MR) is 138 cm³/mol. The van der Waals surface area contributed by atoms with E-state index in [1.54, 1.807) is 55.0 Å². The van der Waals surface area contributed by atoms with E-state index in [1.165, 1.54) is 0 Å². The molecule has 0 fully saturated rings. The van der Waals surface area contributed by atoms with E-state index >= 15 is 0 Å². The van der Waals surface area contributed by atoms with Crippen molar-refractivity contribution in [2.24, 2.45) is 0 Å². The van der Waals surface area contributed by atoms with Gasteiger partial charge in [0.1, 0.15) is 0 Å². The molecule has 5 rings (SSSR count). The van der Waals surface area contributed by atoms with E-state index in [4.69, 9.17) is 0 Å². The Bertz CT molecular complexity index is 1550. The lowest BCUT2D eigenvalue weighted by atomic mass is 10.0. The lowest BCUT2D eigenvalue weighted by Crippen LogP contribution is -2.13. The minimum atomic E-state index is -3.78. The fourth-order valence-corrected chi connectivity index (χ4v) is 5.19. The monoisotopic (exact) mass is 564 g/mol. The van der Waals surface area contributed by atoms with E-state index in [0.717, 1.165) is 31.2 Å². The van der Waals surface area contributed by atoms with Crippen LogP contribution in [0.3, 0.4) is 0 Å². The van der Waals surface area contributed by atoms with Gasteiger partial charge in [0.15, 0.2) is 5.82 Å². The molecule has 2 heterocycles. The first-order valence-electron chi connectivity index (χ1n) is 10.1. The number of aromatic nitrogens is 3. The molecule has 0 spiro atoms. The summed E-state index contributed by atoms with van der Waals surface area (Å²) in [4.78, 5) is 13.1. The highest BCUT2D eigenvalue weighted by Crippen LogP contribution is 2.32. The number of fused-ring (bicyclic) bond motifs is 1. The van der Waals surface area contributed by atoms with E-state index in [2.05, 4.69) is 42.3 Å². The number of nitrogens with zero attached hydrogens (tertiary/aromatic N) is 3. The van der Waals surface area contributed by atoms with Crippen LogP contribution in [0, 0.1) is 3.57 Å². The second kappa shape index (κ2) is 8.87. The second-order valence-electron chi connectivity index (χ2n) is 7.28. The number of sulfonamides is 1. The van der Waals surface area contributed by atoms with Gasteiger partial charge in [0.2, 0.25) is 0 Å². The SMILES string of the molecule is O=S(=O)(Nc1ccc(I)c(-c2nccc3ccccc23)c1)c1ccc(-c2ncccn2)cc1. The lowest BCUT2D eigenvalue weighted by molar-refractivity contribution is 0.601. The molecule has 0 aliphatic heterocycles. The molecular weight excluding hydrogens is 547 g/mol. The number of anilines is 1. The molecule has 0 amide bonds. The highest BCUT2D eigenvalue weighted by atomic mass is 127. The topological polar surface area (TPSA) is 84.8 Å². The van der Waals surface area contributed by atoms with Crippen molar-refractivity contribution >= 4 is 49.1 Å². The van der Waals surface area contributed by atoms with Crippen molar-refractivity contribution < 1.29 is 8.42 Å². The molecule has 2 aromatic heterocycles. The molecule has 8 heteroatoms. The fraction of sp³-hybridized carbons (Fsp3) is 0. The first-order valence-corrected chi connectivity index (χ1v) is 12.6. The van der Waals surface area contributed by atoms with Crippen LogP contribution in [0.2, 0.25) is 0 Å². The maximum atomic E-state index is 13.0. The van der Waals surface area contributed by atoms with Crippen LogP contribution in [0.5, 0.6) is 0 Å². The van der Waals surface area contributed by atoms with Crippen LogP contribution < -0.4 is 4.72 Å². The molecule has 0 aliphatic carbocycles. The van der Waals surface area contributed by atoms with Crippen molar-refractivity contribution in [1.29, 1.82) is 0 Å². The minimum absolute atomic E-state index is 0.158.